The first kappa shape index (κ1) is 15.5. The van der Waals surface area contributed by atoms with Crippen LogP contribution in [0.15, 0.2) is 24.5 Å². The fourth-order valence-electron chi connectivity index (χ4n) is 2.04. The molecule has 0 N–H and O–H groups in total. The van der Waals surface area contributed by atoms with Crippen LogP contribution in [0.3, 0.4) is 0 Å². The predicted octanol–water partition coefficient (Wildman–Crippen LogP) is 3.99. The average Bonchev–Trinajstić information content (AvgIpc) is 2.89. The number of alkyl halides is 3. The van der Waals surface area contributed by atoms with Gasteiger partial charge in [0.15, 0.2) is 5.65 Å². The molecule has 3 aromatic rings. The lowest BCUT2D eigenvalue weighted by atomic mass is 10.1. The maximum atomic E-state index is 13.2. The van der Waals surface area contributed by atoms with E-state index in [0.29, 0.717) is 0 Å². The van der Waals surface area contributed by atoms with E-state index < -0.39 is 17.4 Å². The molecular formula is C13H4Cl2F3N5. The van der Waals surface area contributed by atoms with Crippen LogP contribution in [0.5, 0.6) is 0 Å². The Balaban J connectivity index is 2.37. The molecule has 0 amide bonds. The van der Waals surface area contributed by atoms with Crippen molar-refractivity contribution in [1.82, 2.24) is 19.6 Å². The summed E-state index contributed by atoms with van der Waals surface area (Å²) in [6.07, 6.45) is -2.27. The van der Waals surface area contributed by atoms with Gasteiger partial charge < -0.3 is 0 Å². The molecule has 0 fully saturated rings. The number of fused-ring (bicyclic) bond motifs is 1. The van der Waals surface area contributed by atoms with Gasteiger partial charge in [-0.05, 0) is 12.1 Å². The molecule has 3 aromatic heterocycles. The second kappa shape index (κ2) is 5.37. The van der Waals surface area contributed by atoms with Crippen LogP contribution >= 0.6 is 23.2 Å². The van der Waals surface area contributed by atoms with E-state index in [1.54, 1.807) is 0 Å². The molecule has 0 unspecified atom stereocenters. The van der Waals surface area contributed by atoms with Gasteiger partial charge in [-0.15, -0.1) is 0 Å². The third-order valence-corrected chi connectivity index (χ3v) is 3.64. The van der Waals surface area contributed by atoms with Crippen molar-refractivity contribution in [2.45, 2.75) is 6.18 Å². The normalized spacial score (nSPS) is 11.7. The highest BCUT2D eigenvalue weighted by Crippen LogP contribution is 2.40. The molecule has 23 heavy (non-hydrogen) atoms. The van der Waals surface area contributed by atoms with Gasteiger partial charge in [0.05, 0.1) is 23.0 Å². The van der Waals surface area contributed by atoms with Gasteiger partial charge in [0.1, 0.15) is 21.9 Å². The zero-order chi connectivity index (χ0) is 16.8. The molecule has 0 saturated carbocycles. The minimum Gasteiger partial charge on any atom is -0.255 e. The molecule has 0 spiro atoms. The molecule has 116 valence electrons. The second-order valence-corrected chi connectivity index (χ2v) is 5.09. The fourth-order valence-corrected chi connectivity index (χ4v) is 2.65. The van der Waals surface area contributed by atoms with Crippen LogP contribution in [0.4, 0.5) is 13.2 Å². The molecule has 0 aliphatic heterocycles. The Kier molecular flexibility index (Phi) is 3.62. The van der Waals surface area contributed by atoms with Gasteiger partial charge in [0, 0.05) is 6.20 Å². The van der Waals surface area contributed by atoms with Crippen molar-refractivity contribution in [3.8, 4) is 17.3 Å². The van der Waals surface area contributed by atoms with Gasteiger partial charge >= 0.3 is 6.18 Å². The standard InChI is InChI=1S/C13H4Cl2F3N5/c14-10-8(9-7(13(16,17)18)2-1-3-20-9)11(15)23-12(22-10)6(4-19)5-21-23/h1-3,5H. The molecule has 3 heterocycles. The number of pyridine rings is 1. The van der Waals surface area contributed by atoms with Crippen molar-refractivity contribution in [2.75, 3.05) is 0 Å². The van der Waals surface area contributed by atoms with Gasteiger partial charge in [0.2, 0.25) is 0 Å². The molecule has 0 saturated heterocycles. The summed E-state index contributed by atoms with van der Waals surface area (Å²) >= 11 is 12.1. The van der Waals surface area contributed by atoms with E-state index in [1.165, 1.54) is 12.4 Å². The van der Waals surface area contributed by atoms with Crippen LogP contribution in [0.1, 0.15) is 11.1 Å². The van der Waals surface area contributed by atoms with Gasteiger partial charge in [-0.25, -0.2) is 9.50 Å². The maximum absolute atomic E-state index is 13.2. The molecule has 0 aliphatic rings. The summed E-state index contributed by atoms with van der Waals surface area (Å²) in [6.45, 7) is 0. The van der Waals surface area contributed by atoms with Gasteiger partial charge in [-0.1, -0.05) is 23.2 Å². The molecule has 5 nitrogen and oxygen atoms in total. The number of nitriles is 1. The molecule has 0 bridgehead atoms. The first-order chi connectivity index (χ1) is 10.8. The van der Waals surface area contributed by atoms with Crippen LogP contribution in [-0.4, -0.2) is 19.6 Å². The van der Waals surface area contributed by atoms with Gasteiger partial charge in [-0.3, -0.25) is 4.98 Å². The van der Waals surface area contributed by atoms with E-state index in [0.717, 1.165) is 16.6 Å². The van der Waals surface area contributed by atoms with Crippen LogP contribution in [0.25, 0.3) is 16.9 Å². The first-order valence-electron chi connectivity index (χ1n) is 6.00. The SMILES string of the molecule is N#Cc1cnn2c(Cl)c(-c3ncccc3C(F)(F)F)c(Cl)nc12. The minimum atomic E-state index is -4.65. The van der Waals surface area contributed by atoms with E-state index in [1.807, 2.05) is 6.07 Å². The first-order valence-corrected chi connectivity index (χ1v) is 6.75. The topological polar surface area (TPSA) is 66.9 Å². The van der Waals surface area contributed by atoms with Crippen molar-refractivity contribution in [3.63, 3.8) is 0 Å². The monoisotopic (exact) mass is 357 g/mol. The summed E-state index contributed by atoms with van der Waals surface area (Å²) in [6, 6.07) is 3.86. The highest BCUT2D eigenvalue weighted by molar-refractivity contribution is 6.38. The summed E-state index contributed by atoms with van der Waals surface area (Å²) < 4.78 is 40.5. The maximum Gasteiger partial charge on any atom is 0.418 e. The number of aromatic nitrogens is 4. The van der Waals surface area contributed by atoms with E-state index >= 15 is 0 Å². The number of halogens is 5. The molecule has 0 aromatic carbocycles. The summed E-state index contributed by atoms with van der Waals surface area (Å²) in [7, 11) is 0. The van der Waals surface area contributed by atoms with Crippen LogP contribution < -0.4 is 0 Å². The van der Waals surface area contributed by atoms with E-state index in [2.05, 4.69) is 15.1 Å². The lowest BCUT2D eigenvalue weighted by Gasteiger charge is -2.14. The lowest BCUT2D eigenvalue weighted by molar-refractivity contribution is -0.137. The average molecular weight is 358 g/mol. The number of hydrogen-bond acceptors (Lipinski definition) is 4. The molecule has 3 rings (SSSR count). The van der Waals surface area contributed by atoms with Crippen LogP contribution in [0.2, 0.25) is 10.3 Å². The van der Waals surface area contributed by atoms with E-state index in [-0.39, 0.29) is 27.1 Å². The largest absolute Gasteiger partial charge is 0.418 e. The third-order valence-electron chi connectivity index (χ3n) is 3.02. The summed E-state index contributed by atoms with van der Waals surface area (Å²) in [5.41, 5.74) is -1.52. The summed E-state index contributed by atoms with van der Waals surface area (Å²) in [5, 5.41) is 12.3. The Hall–Kier alpha value is -2.37. The number of nitrogens with zero attached hydrogens (tertiary/aromatic N) is 5. The lowest BCUT2D eigenvalue weighted by Crippen LogP contribution is -2.09. The zero-order valence-electron chi connectivity index (χ0n) is 10.9. The van der Waals surface area contributed by atoms with Crippen LogP contribution in [0, 0.1) is 11.3 Å². The van der Waals surface area contributed by atoms with Crippen LogP contribution in [-0.2, 0) is 6.18 Å². The molecule has 0 radical (unpaired) electrons. The molecule has 10 heteroatoms. The predicted molar refractivity (Wildman–Crippen MR) is 76.0 cm³/mol. The fraction of sp³-hybridized carbons (Fsp3) is 0.0769. The molecule has 0 atom stereocenters. The summed E-state index contributed by atoms with van der Waals surface area (Å²) in [5.74, 6) is 0. The quantitative estimate of drug-likeness (QED) is 0.617. The minimum absolute atomic E-state index is 0.0516. The van der Waals surface area contributed by atoms with Crippen molar-refractivity contribution < 1.29 is 13.2 Å². The Morgan fingerprint density at radius 2 is 2.00 bits per heavy atom. The highest BCUT2D eigenvalue weighted by Gasteiger charge is 2.36. The smallest absolute Gasteiger partial charge is 0.255 e. The Bertz CT molecular complexity index is 959. The van der Waals surface area contributed by atoms with Crippen molar-refractivity contribution in [2.24, 2.45) is 0 Å². The Labute approximate surface area is 136 Å². The Morgan fingerprint density at radius 1 is 1.26 bits per heavy atom. The zero-order valence-corrected chi connectivity index (χ0v) is 12.4. The van der Waals surface area contributed by atoms with Gasteiger partial charge in [0.25, 0.3) is 0 Å². The number of rotatable bonds is 1. The van der Waals surface area contributed by atoms with Crippen molar-refractivity contribution in [3.05, 3.63) is 46.0 Å². The number of hydrogen-bond donors (Lipinski definition) is 0. The Morgan fingerprint density at radius 3 is 2.65 bits per heavy atom. The molecule has 0 aliphatic carbocycles. The van der Waals surface area contributed by atoms with Crippen molar-refractivity contribution in [1.29, 1.82) is 5.26 Å². The van der Waals surface area contributed by atoms with E-state index in [4.69, 9.17) is 28.5 Å². The summed E-state index contributed by atoms with van der Waals surface area (Å²) in [4.78, 5) is 7.65. The highest BCUT2D eigenvalue weighted by atomic mass is 35.5. The van der Waals surface area contributed by atoms with E-state index in [9.17, 15) is 13.2 Å². The third kappa shape index (κ3) is 2.48. The molecular weight excluding hydrogens is 354 g/mol. The second-order valence-electron chi connectivity index (χ2n) is 4.37. The van der Waals surface area contributed by atoms with Crippen molar-refractivity contribution >= 4 is 28.8 Å². The van der Waals surface area contributed by atoms with Gasteiger partial charge in [-0.2, -0.15) is 23.5 Å².